The van der Waals surface area contributed by atoms with Gasteiger partial charge in [0.15, 0.2) is 0 Å². The molecule has 0 saturated heterocycles. The Hall–Kier alpha value is -1.01. The summed E-state index contributed by atoms with van der Waals surface area (Å²) in [6, 6.07) is 6.61. The summed E-state index contributed by atoms with van der Waals surface area (Å²) in [5, 5.41) is 2.28. The number of carbonyl (C=O) groups is 2. The van der Waals surface area contributed by atoms with Gasteiger partial charge in [-0.1, -0.05) is 52.5 Å². The van der Waals surface area contributed by atoms with E-state index < -0.39 is 21.4 Å². The van der Waals surface area contributed by atoms with Gasteiger partial charge >= 0.3 is 5.97 Å². The Morgan fingerprint density at radius 2 is 1.62 bits per heavy atom. The summed E-state index contributed by atoms with van der Waals surface area (Å²) in [6.07, 6.45) is 0. The van der Waals surface area contributed by atoms with Crippen molar-refractivity contribution in [3.8, 4) is 0 Å². The number of aryl methyl sites for hydroxylation is 1. The Morgan fingerprint density at radius 1 is 1.10 bits per heavy atom. The van der Waals surface area contributed by atoms with E-state index >= 15 is 0 Å². The van der Waals surface area contributed by atoms with Crippen molar-refractivity contribution in [2.24, 2.45) is 0 Å². The highest BCUT2D eigenvalue weighted by molar-refractivity contribution is 6.69. The molecule has 0 aliphatic rings. The first-order valence-corrected chi connectivity index (χ1v) is 6.91. The number of carbonyl (C=O) groups excluding carboxylic acids is 2. The number of esters is 1. The van der Waals surface area contributed by atoms with Gasteiger partial charge in [-0.05, 0) is 19.1 Å². The molecule has 116 valence electrons. The van der Waals surface area contributed by atoms with Gasteiger partial charge in [0.25, 0.3) is 11.6 Å². The van der Waals surface area contributed by atoms with E-state index in [1.54, 1.807) is 24.3 Å². The molecule has 0 bridgehead atoms. The number of amides is 1. The fraction of sp³-hybridized carbons (Fsp3) is 0.385. The smallest absolute Gasteiger partial charge is 0.364 e. The van der Waals surface area contributed by atoms with Crippen LogP contribution < -0.4 is 5.32 Å². The molecule has 0 saturated carbocycles. The predicted molar refractivity (Wildman–Crippen MR) is 80.7 cm³/mol. The third kappa shape index (κ3) is 3.80. The lowest BCUT2D eigenvalue weighted by atomic mass is 10.1. The molecule has 5 nitrogen and oxygen atoms in total. The van der Waals surface area contributed by atoms with Crippen LogP contribution in [0.15, 0.2) is 24.3 Å². The molecule has 0 radical (unpaired) electrons. The maximum atomic E-state index is 12.2. The molecule has 1 amide bonds. The van der Waals surface area contributed by atoms with Crippen LogP contribution in [0.5, 0.6) is 0 Å². The number of ether oxygens (including phenoxy) is 2. The molecule has 8 heteroatoms. The van der Waals surface area contributed by atoms with E-state index in [4.69, 9.17) is 39.5 Å². The van der Waals surface area contributed by atoms with E-state index in [-0.39, 0.29) is 5.56 Å². The Balaban J connectivity index is 3.15. The van der Waals surface area contributed by atoms with Crippen molar-refractivity contribution in [3.63, 3.8) is 0 Å². The third-order valence-corrected chi connectivity index (χ3v) is 3.58. The van der Waals surface area contributed by atoms with E-state index in [9.17, 15) is 9.59 Å². The van der Waals surface area contributed by atoms with Crippen LogP contribution in [0.1, 0.15) is 15.9 Å². The molecule has 0 aliphatic heterocycles. The average Bonchev–Trinajstić information content (AvgIpc) is 2.43. The number of rotatable bonds is 4. The molecule has 1 atom stereocenters. The molecular formula is C13H14Cl3NO4. The van der Waals surface area contributed by atoms with Crippen LogP contribution >= 0.6 is 34.8 Å². The Kier molecular flexibility index (Phi) is 5.87. The molecule has 0 aromatic heterocycles. The highest BCUT2D eigenvalue weighted by Crippen LogP contribution is 2.39. The summed E-state index contributed by atoms with van der Waals surface area (Å²) >= 11 is 17.3. The van der Waals surface area contributed by atoms with Crippen molar-refractivity contribution in [2.75, 3.05) is 14.2 Å². The molecule has 1 unspecified atom stereocenters. The summed E-state index contributed by atoms with van der Waals surface area (Å²) in [5.41, 5.74) is -1.01. The van der Waals surface area contributed by atoms with Gasteiger partial charge < -0.3 is 14.8 Å². The zero-order chi connectivity index (χ0) is 16.3. The van der Waals surface area contributed by atoms with Crippen LogP contribution in [0, 0.1) is 6.92 Å². The molecule has 0 heterocycles. The third-order valence-electron chi connectivity index (χ3n) is 2.78. The maximum Gasteiger partial charge on any atom is 0.364 e. The van der Waals surface area contributed by atoms with Crippen molar-refractivity contribution in [3.05, 3.63) is 35.4 Å². The Labute approximate surface area is 137 Å². The minimum atomic E-state index is -2.27. The van der Waals surface area contributed by atoms with Crippen LogP contribution in [0.25, 0.3) is 0 Å². The minimum absolute atomic E-state index is 0.278. The molecule has 0 fully saturated rings. The molecule has 1 aromatic rings. The van der Waals surface area contributed by atoms with Crippen LogP contribution in [0.2, 0.25) is 0 Å². The average molecular weight is 355 g/mol. The van der Waals surface area contributed by atoms with Crippen molar-refractivity contribution >= 4 is 46.7 Å². The summed E-state index contributed by atoms with van der Waals surface area (Å²) in [5.74, 6) is -1.68. The first kappa shape index (κ1) is 18.0. The van der Waals surface area contributed by atoms with E-state index in [1.165, 1.54) is 0 Å². The van der Waals surface area contributed by atoms with Crippen LogP contribution in [0.4, 0.5) is 0 Å². The number of benzene rings is 1. The SMILES string of the molecule is COC(=O)C(NC(=O)c1ccc(C)cc1)(OC)C(Cl)(Cl)Cl. The van der Waals surface area contributed by atoms with Crippen molar-refractivity contribution in [1.82, 2.24) is 5.32 Å². The fourth-order valence-corrected chi connectivity index (χ4v) is 2.17. The number of hydrogen-bond donors (Lipinski definition) is 1. The molecule has 1 rings (SSSR count). The molecule has 0 spiro atoms. The van der Waals surface area contributed by atoms with E-state index in [1.807, 2.05) is 6.92 Å². The zero-order valence-electron chi connectivity index (χ0n) is 11.6. The Bertz CT molecular complexity index is 527. The topological polar surface area (TPSA) is 64.6 Å². The number of halogens is 3. The van der Waals surface area contributed by atoms with Gasteiger partial charge in [-0.2, -0.15) is 0 Å². The lowest BCUT2D eigenvalue weighted by molar-refractivity contribution is -0.168. The lowest BCUT2D eigenvalue weighted by Crippen LogP contribution is -2.64. The summed E-state index contributed by atoms with van der Waals surface area (Å²) < 4.78 is 7.26. The van der Waals surface area contributed by atoms with E-state index in [2.05, 4.69) is 10.1 Å². The lowest BCUT2D eigenvalue weighted by Gasteiger charge is -2.35. The summed E-state index contributed by atoms with van der Waals surface area (Å²) in [6.45, 7) is 1.87. The standard InChI is InChI=1S/C13H14Cl3NO4/c1-8-4-6-9(7-5-8)10(18)17-12(21-3,11(19)20-2)13(14,15)16/h4-7H,1-3H3,(H,17,18). The Morgan fingerprint density at radius 3 is 2.00 bits per heavy atom. The van der Waals surface area contributed by atoms with Gasteiger partial charge in [0.05, 0.1) is 7.11 Å². The number of alkyl halides is 3. The van der Waals surface area contributed by atoms with Gasteiger partial charge in [0.2, 0.25) is 3.79 Å². The number of methoxy groups -OCH3 is 2. The largest absolute Gasteiger partial charge is 0.465 e. The monoisotopic (exact) mass is 353 g/mol. The quantitative estimate of drug-likeness (QED) is 0.513. The fourth-order valence-electron chi connectivity index (χ4n) is 1.57. The van der Waals surface area contributed by atoms with Gasteiger partial charge in [-0.25, -0.2) is 4.79 Å². The summed E-state index contributed by atoms with van der Waals surface area (Å²) in [7, 11) is 2.21. The van der Waals surface area contributed by atoms with Crippen LogP contribution in [-0.4, -0.2) is 35.6 Å². The second-order valence-electron chi connectivity index (χ2n) is 4.19. The van der Waals surface area contributed by atoms with E-state index in [0.717, 1.165) is 19.8 Å². The minimum Gasteiger partial charge on any atom is -0.465 e. The highest BCUT2D eigenvalue weighted by atomic mass is 35.6. The van der Waals surface area contributed by atoms with E-state index in [0.29, 0.717) is 0 Å². The number of hydrogen-bond acceptors (Lipinski definition) is 4. The summed E-state index contributed by atoms with van der Waals surface area (Å²) in [4.78, 5) is 24.1. The van der Waals surface area contributed by atoms with Crippen molar-refractivity contribution < 1.29 is 19.1 Å². The molecule has 1 aromatic carbocycles. The maximum absolute atomic E-state index is 12.2. The molecule has 0 aliphatic carbocycles. The predicted octanol–water partition coefficient (Wildman–Crippen LogP) is 2.61. The molecule has 21 heavy (non-hydrogen) atoms. The zero-order valence-corrected chi connectivity index (χ0v) is 13.8. The normalized spacial score (nSPS) is 14.2. The molecule has 1 N–H and O–H groups in total. The number of nitrogens with one attached hydrogen (secondary N) is 1. The van der Waals surface area contributed by atoms with Crippen molar-refractivity contribution in [2.45, 2.75) is 16.4 Å². The van der Waals surface area contributed by atoms with Crippen LogP contribution in [0.3, 0.4) is 0 Å². The van der Waals surface area contributed by atoms with Gasteiger partial charge in [-0.15, -0.1) is 0 Å². The first-order valence-electron chi connectivity index (χ1n) is 5.77. The van der Waals surface area contributed by atoms with Gasteiger partial charge in [0.1, 0.15) is 0 Å². The highest BCUT2D eigenvalue weighted by Gasteiger charge is 2.58. The van der Waals surface area contributed by atoms with Crippen LogP contribution in [-0.2, 0) is 14.3 Å². The van der Waals surface area contributed by atoms with Crippen molar-refractivity contribution in [1.29, 1.82) is 0 Å². The van der Waals surface area contributed by atoms with Gasteiger partial charge in [0, 0.05) is 12.7 Å². The van der Waals surface area contributed by atoms with Gasteiger partial charge in [-0.3, -0.25) is 4.79 Å². The molecular weight excluding hydrogens is 341 g/mol. The first-order chi connectivity index (χ1) is 9.67. The second-order valence-corrected chi connectivity index (χ2v) is 6.48. The second kappa shape index (κ2) is 6.83.